The summed E-state index contributed by atoms with van der Waals surface area (Å²) in [5.41, 5.74) is 6.30. The predicted octanol–water partition coefficient (Wildman–Crippen LogP) is 1.25. The van der Waals surface area contributed by atoms with Crippen molar-refractivity contribution < 1.29 is 4.79 Å². The minimum atomic E-state index is -0.488. The van der Waals surface area contributed by atoms with Crippen molar-refractivity contribution in [3.8, 4) is 6.07 Å². The molecule has 2 N–H and O–H groups in total. The number of hydrazone groups is 1. The molecular formula is C14H16N4O. The second-order valence-corrected chi connectivity index (χ2v) is 4.53. The van der Waals surface area contributed by atoms with Crippen LogP contribution in [0.1, 0.15) is 24.8 Å². The molecule has 0 spiro atoms. The molecule has 1 saturated heterocycles. The van der Waals surface area contributed by atoms with E-state index in [1.165, 1.54) is 0 Å². The van der Waals surface area contributed by atoms with Crippen molar-refractivity contribution in [1.29, 1.82) is 5.26 Å². The molecule has 1 aromatic rings. The van der Waals surface area contributed by atoms with Crippen LogP contribution < -0.4 is 5.73 Å². The predicted molar refractivity (Wildman–Crippen MR) is 72.1 cm³/mol. The van der Waals surface area contributed by atoms with Crippen LogP contribution in [0.2, 0.25) is 0 Å². The number of carbonyl (C=O) groups is 1. The number of benzene rings is 1. The lowest BCUT2D eigenvalue weighted by Gasteiger charge is -2.34. The Morgan fingerprint density at radius 2 is 2.16 bits per heavy atom. The summed E-state index contributed by atoms with van der Waals surface area (Å²) in [6.07, 6.45) is 3.85. The molecule has 19 heavy (non-hydrogen) atoms. The van der Waals surface area contributed by atoms with Crippen molar-refractivity contribution >= 4 is 12.1 Å². The van der Waals surface area contributed by atoms with Crippen molar-refractivity contribution in [1.82, 2.24) is 5.01 Å². The van der Waals surface area contributed by atoms with Gasteiger partial charge in [-0.2, -0.15) is 10.4 Å². The van der Waals surface area contributed by atoms with E-state index in [0.717, 1.165) is 12.0 Å². The zero-order valence-electron chi connectivity index (χ0n) is 10.6. The van der Waals surface area contributed by atoms with Crippen LogP contribution in [-0.4, -0.2) is 29.2 Å². The molecule has 1 aliphatic heterocycles. The SMILES string of the molecule is N#CC1CCCC(C(N)=O)N1/N=C/c1ccccc1. The summed E-state index contributed by atoms with van der Waals surface area (Å²) in [5.74, 6) is -0.426. The van der Waals surface area contributed by atoms with Gasteiger partial charge in [0, 0.05) is 0 Å². The highest BCUT2D eigenvalue weighted by Crippen LogP contribution is 2.22. The number of piperidine rings is 1. The fourth-order valence-corrected chi connectivity index (χ4v) is 2.22. The topological polar surface area (TPSA) is 82.5 Å². The molecule has 1 amide bonds. The van der Waals surface area contributed by atoms with Crippen LogP contribution in [0.15, 0.2) is 35.4 Å². The first kappa shape index (κ1) is 13.1. The molecule has 2 atom stereocenters. The Morgan fingerprint density at radius 3 is 2.79 bits per heavy atom. The molecule has 0 aliphatic carbocycles. The quantitative estimate of drug-likeness (QED) is 0.826. The summed E-state index contributed by atoms with van der Waals surface area (Å²) < 4.78 is 0. The van der Waals surface area contributed by atoms with Crippen LogP contribution >= 0.6 is 0 Å². The molecule has 2 rings (SSSR count). The van der Waals surface area contributed by atoms with Gasteiger partial charge in [0.2, 0.25) is 5.91 Å². The summed E-state index contributed by atoms with van der Waals surface area (Å²) in [6, 6.07) is 10.9. The van der Waals surface area contributed by atoms with Crippen LogP contribution in [0.5, 0.6) is 0 Å². The highest BCUT2D eigenvalue weighted by Gasteiger charge is 2.32. The van der Waals surface area contributed by atoms with Gasteiger partial charge in [-0.15, -0.1) is 0 Å². The van der Waals surface area contributed by atoms with Crippen LogP contribution in [0.4, 0.5) is 0 Å². The number of nitriles is 1. The third-order valence-corrected chi connectivity index (χ3v) is 3.21. The van der Waals surface area contributed by atoms with Crippen molar-refractivity contribution in [2.75, 3.05) is 0 Å². The molecule has 5 heteroatoms. The van der Waals surface area contributed by atoms with Crippen molar-refractivity contribution in [2.24, 2.45) is 10.8 Å². The van der Waals surface area contributed by atoms with Gasteiger partial charge in [0.15, 0.2) is 0 Å². The van der Waals surface area contributed by atoms with E-state index in [1.807, 2.05) is 30.3 Å². The van der Waals surface area contributed by atoms with Crippen LogP contribution in [0, 0.1) is 11.3 Å². The van der Waals surface area contributed by atoms with E-state index in [0.29, 0.717) is 12.8 Å². The van der Waals surface area contributed by atoms with E-state index in [1.54, 1.807) is 11.2 Å². The van der Waals surface area contributed by atoms with E-state index in [9.17, 15) is 4.79 Å². The normalized spacial score (nSPS) is 23.2. The molecule has 0 saturated carbocycles. The number of nitrogens with two attached hydrogens (primary N) is 1. The van der Waals surface area contributed by atoms with Crippen LogP contribution in [0.25, 0.3) is 0 Å². The first-order valence-corrected chi connectivity index (χ1v) is 6.28. The molecule has 5 nitrogen and oxygen atoms in total. The molecule has 98 valence electrons. The molecule has 0 bridgehead atoms. The Hall–Kier alpha value is -2.35. The summed E-state index contributed by atoms with van der Waals surface area (Å²) in [5, 5.41) is 15.0. The molecular weight excluding hydrogens is 240 g/mol. The summed E-state index contributed by atoms with van der Waals surface area (Å²) in [7, 11) is 0. The van der Waals surface area contributed by atoms with E-state index in [2.05, 4.69) is 11.2 Å². The molecule has 1 heterocycles. The molecule has 1 aliphatic rings. The number of amides is 1. The van der Waals surface area contributed by atoms with Gasteiger partial charge in [0.05, 0.1) is 12.3 Å². The Kier molecular flexibility index (Phi) is 4.14. The van der Waals surface area contributed by atoms with Crippen molar-refractivity contribution in [2.45, 2.75) is 31.3 Å². The van der Waals surface area contributed by atoms with Gasteiger partial charge in [-0.25, -0.2) is 0 Å². The van der Waals surface area contributed by atoms with E-state index >= 15 is 0 Å². The number of rotatable bonds is 3. The highest BCUT2D eigenvalue weighted by atomic mass is 16.1. The first-order valence-electron chi connectivity index (χ1n) is 6.28. The maximum atomic E-state index is 11.4. The van der Waals surface area contributed by atoms with Gasteiger partial charge in [-0.3, -0.25) is 9.80 Å². The Balaban J connectivity index is 2.20. The number of hydrogen-bond donors (Lipinski definition) is 1. The van der Waals surface area contributed by atoms with E-state index < -0.39 is 11.9 Å². The lowest BCUT2D eigenvalue weighted by molar-refractivity contribution is -0.125. The van der Waals surface area contributed by atoms with Gasteiger partial charge < -0.3 is 5.73 Å². The average molecular weight is 256 g/mol. The third-order valence-electron chi connectivity index (χ3n) is 3.21. The fourth-order valence-electron chi connectivity index (χ4n) is 2.22. The zero-order valence-corrected chi connectivity index (χ0v) is 10.6. The summed E-state index contributed by atoms with van der Waals surface area (Å²) in [6.45, 7) is 0. The monoisotopic (exact) mass is 256 g/mol. The van der Waals surface area contributed by atoms with Gasteiger partial charge in [-0.1, -0.05) is 30.3 Å². The number of nitrogens with zero attached hydrogens (tertiary/aromatic N) is 3. The Morgan fingerprint density at radius 1 is 1.42 bits per heavy atom. The van der Waals surface area contributed by atoms with Crippen LogP contribution in [-0.2, 0) is 4.79 Å². The largest absolute Gasteiger partial charge is 0.368 e. The van der Waals surface area contributed by atoms with Gasteiger partial charge in [-0.05, 0) is 24.8 Å². The second kappa shape index (κ2) is 6.01. The van der Waals surface area contributed by atoms with Gasteiger partial charge in [0.25, 0.3) is 0 Å². The highest BCUT2D eigenvalue weighted by molar-refractivity contribution is 5.81. The Bertz CT molecular complexity index is 506. The number of primary amides is 1. The molecule has 2 unspecified atom stereocenters. The fraction of sp³-hybridized carbons (Fsp3) is 0.357. The molecule has 0 aromatic heterocycles. The minimum absolute atomic E-state index is 0.383. The summed E-state index contributed by atoms with van der Waals surface area (Å²) in [4.78, 5) is 11.4. The van der Waals surface area contributed by atoms with Gasteiger partial charge >= 0.3 is 0 Å². The minimum Gasteiger partial charge on any atom is -0.368 e. The second-order valence-electron chi connectivity index (χ2n) is 4.53. The van der Waals surface area contributed by atoms with E-state index in [4.69, 9.17) is 11.0 Å². The van der Waals surface area contributed by atoms with Gasteiger partial charge in [0.1, 0.15) is 12.1 Å². The average Bonchev–Trinajstić information content (AvgIpc) is 2.45. The molecule has 0 radical (unpaired) electrons. The number of hydrogen-bond acceptors (Lipinski definition) is 4. The van der Waals surface area contributed by atoms with Crippen molar-refractivity contribution in [3.63, 3.8) is 0 Å². The third kappa shape index (κ3) is 3.10. The lowest BCUT2D eigenvalue weighted by atomic mass is 9.98. The summed E-state index contributed by atoms with van der Waals surface area (Å²) >= 11 is 0. The smallest absolute Gasteiger partial charge is 0.241 e. The maximum Gasteiger partial charge on any atom is 0.241 e. The lowest BCUT2D eigenvalue weighted by Crippen LogP contribution is -2.49. The van der Waals surface area contributed by atoms with Crippen molar-refractivity contribution in [3.05, 3.63) is 35.9 Å². The van der Waals surface area contributed by atoms with Crippen LogP contribution in [0.3, 0.4) is 0 Å². The maximum absolute atomic E-state index is 11.4. The zero-order chi connectivity index (χ0) is 13.7. The molecule has 1 aromatic carbocycles. The number of carbonyl (C=O) groups excluding carboxylic acids is 1. The van der Waals surface area contributed by atoms with E-state index in [-0.39, 0.29) is 6.04 Å². The Labute approximate surface area is 112 Å². The molecule has 1 fully saturated rings. The first-order chi connectivity index (χ1) is 9.22. The standard InChI is InChI=1S/C14H16N4O/c15-9-12-7-4-8-13(14(16)19)18(12)17-10-11-5-2-1-3-6-11/h1-3,5-6,10,12-13H,4,7-8H2,(H2,16,19)/b17-10+.